The van der Waals surface area contributed by atoms with Gasteiger partial charge in [0.1, 0.15) is 11.3 Å². The zero-order chi connectivity index (χ0) is 19.8. The van der Waals surface area contributed by atoms with Gasteiger partial charge in [-0.25, -0.2) is 0 Å². The van der Waals surface area contributed by atoms with E-state index in [1.54, 1.807) is 24.5 Å². The summed E-state index contributed by atoms with van der Waals surface area (Å²) in [4.78, 5) is 15.8. The first-order valence-electron chi connectivity index (χ1n) is 9.52. The normalized spacial score (nSPS) is 11.9. The average molecular weight is 415 g/mol. The topological polar surface area (TPSA) is 34.5 Å². The van der Waals surface area contributed by atoms with Crippen molar-refractivity contribution in [2.24, 2.45) is 0 Å². The van der Waals surface area contributed by atoms with Gasteiger partial charge >= 0.3 is 0 Å². The lowest BCUT2D eigenvalue weighted by Crippen LogP contribution is -2.27. The molecule has 2 aromatic heterocycles. The first-order valence-corrected chi connectivity index (χ1v) is 10.7. The number of methoxy groups -OCH3 is 1. The molecular formula is C22H23ClN2O2S. The highest BCUT2D eigenvalue weighted by Crippen LogP contribution is 2.36. The largest absolute Gasteiger partial charge is 0.497 e. The Kier molecular flexibility index (Phi) is 5.32. The molecular weight excluding hydrogens is 392 g/mol. The summed E-state index contributed by atoms with van der Waals surface area (Å²) < 4.78 is 9.52. The van der Waals surface area contributed by atoms with Crippen molar-refractivity contribution in [3.05, 3.63) is 51.6 Å². The van der Waals surface area contributed by atoms with Crippen LogP contribution in [0.1, 0.15) is 13.8 Å². The number of halogens is 1. The molecule has 4 aromatic rings. The number of rotatable bonds is 6. The number of likely N-dealkylation sites (N-methyl/N-ethyl adjacent to an activating group) is 1. The monoisotopic (exact) mass is 414 g/mol. The van der Waals surface area contributed by atoms with Crippen LogP contribution < -0.4 is 10.2 Å². The molecule has 0 spiro atoms. The summed E-state index contributed by atoms with van der Waals surface area (Å²) in [6.07, 6.45) is 0. The third kappa shape index (κ3) is 3.17. The van der Waals surface area contributed by atoms with Gasteiger partial charge in [0.2, 0.25) is 5.43 Å². The molecule has 0 N–H and O–H groups in total. The molecule has 0 atom stereocenters. The molecule has 0 bridgehead atoms. The van der Waals surface area contributed by atoms with Gasteiger partial charge in [-0.1, -0.05) is 25.4 Å². The number of aromatic nitrogens is 1. The molecule has 0 amide bonds. The summed E-state index contributed by atoms with van der Waals surface area (Å²) in [6.45, 7) is 8.00. The molecule has 0 saturated carbocycles. The molecule has 0 aliphatic rings. The Hall–Kier alpha value is -2.08. The summed E-state index contributed by atoms with van der Waals surface area (Å²) in [6, 6.07) is 11.5. The van der Waals surface area contributed by atoms with Crippen LogP contribution in [0.5, 0.6) is 5.75 Å². The zero-order valence-electron chi connectivity index (χ0n) is 16.3. The van der Waals surface area contributed by atoms with Crippen molar-refractivity contribution in [2.75, 3.05) is 26.7 Å². The van der Waals surface area contributed by atoms with Gasteiger partial charge in [-0.05, 0) is 49.5 Å². The van der Waals surface area contributed by atoms with Gasteiger partial charge in [0, 0.05) is 33.6 Å². The summed E-state index contributed by atoms with van der Waals surface area (Å²) in [5.74, 6) is 0.793. The molecule has 0 aliphatic heterocycles. The minimum atomic E-state index is 0.0649. The van der Waals surface area contributed by atoms with Crippen LogP contribution in [0.15, 0.2) is 41.2 Å². The summed E-state index contributed by atoms with van der Waals surface area (Å²) >= 11 is 7.80. The molecule has 146 valence electrons. The van der Waals surface area contributed by atoms with Crippen molar-refractivity contribution in [1.82, 2.24) is 9.47 Å². The van der Waals surface area contributed by atoms with Gasteiger partial charge in [-0.3, -0.25) is 4.79 Å². The minimum absolute atomic E-state index is 0.0649. The maximum atomic E-state index is 13.4. The van der Waals surface area contributed by atoms with Crippen molar-refractivity contribution in [3.63, 3.8) is 0 Å². The first kappa shape index (κ1) is 19.2. The Morgan fingerprint density at radius 1 is 1.11 bits per heavy atom. The van der Waals surface area contributed by atoms with Crippen molar-refractivity contribution in [3.8, 4) is 5.75 Å². The smallest absolute Gasteiger partial charge is 0.212 e. The molecule has 0 fully saturated rings. The van der Waals surface area contributed by atoms with Crippen LogP contribution >= 0.6 is 22.9 Å². The van der Waals surface area contributed by atoms with E-state index in [1.807, 2.05) is 24.3 Å². The number of ether oxygens (including phenoxy) is 1. The van der Waals surface area contributed by atoms with E-state index >= 15 is 0 Å². The zero-order valence-corrected chi connectivity index (χ0v) is 17.9. The fourth-order valence-corrected chi connectivity index (χ4v) is 5.26. The first-order chi connectivity index (χ1) is 13.6. The number of benzene rings is 2. The van der Waals surface area contributed by atoms with Gasteiger partial charge in [0.05, 0.1) is 17.3 Å². The molecule has 4 nitrogen and oxygen atoms in total. The van der Waals surface area contributed by atoms with E-state index in [4.69, 9.17) is 16.3 Å². The Labute approximate surface area is 172 Å². The van der Waals surface area contributed by atoms with Gasteiger partial charge in [-0.2, -0.15) is 0 Å². The molecule has 0 radical (unpaired) electrons. The van der Waals surface area contributed by atoms with Crippen molar-refractivity contribution >= 4 is 54.1 Å². The molecule has 28 heavy (non-hydrogen) atoms. The standard InChI is InChI=1S/C22H23ClN2O2S/c1-4-24(5-2)10-11-25-18-9-7-15(27-3)13-17(18)22-20(25)21(26)16-8-6-14(23)12-19(16)28-22/h6-9,12-13H,4-5,10-11H2,1-3H3. The highest BCUT2D eigenvalue weighted by Gasteiger charge is 2.18. The van der Waals surface area contributed by atoms with Gasteiger partial charge in [0.15, 0.2) is 0 Å². The third-order valence-corrected chi connectivity index (χ3v) is 6.78. The van der Waals surface area contributed by atoms with E-state index in [9.17, 15) is 4.79 Å². The molecule has 2 aromatic carbocycles. The molecule has 6 heteroatoms. The second-order valence-electron chi connectivity index (χ2n) is 6.81. The predicted octanol–water partition coefficient (Wildman–Crippen LogP) is 5.37. The van der Waals surface area contributed by atoms with Crippen LogP contribution in [-0.2, 0) is 6.54 Å². The number of hydrogen-bond acceptors (Lipinski definition) is 4. The Morgan fingerprint density at radius 2 is 1.89 bits per heavy atom. The van der Waals surface area contributed by atoms with Crippen molar-refractivity contribution in [1.29, 1.82) is 0 Å². The molecule has 0 saturated heterocycles. The maximum Gasteiger partial charge on any atom is 0.212 e. The maximum absolute atomic E-state index is 13.4. The van der Waals surface area contributed by atoms with E-state index in [1.165, 1.54) is 0 Å². The Morgan fingerprint density at radius 3 is 2.61 bits per heavy atom. The van der Waals surface area contributed by atoms with E-state index < -0.39 is 0 Å². The van der Waals surface area contributed by atoms with E-state index in [0.717, 1.165) is 63.1 Å². The lowest BCUT2D eigenvalue weighted by atomic mass is 10.2. The van der Waals surface area contributed by atoms with E-state index in [-0.39, 0.29) is 5.43 Å². The fourth-order valence-electron chi connectivity index (χ4n) is 3.78. The Balaban J connectivity index is 2.04. The minimum Gasteiger partial charge on any atom is -0.497 e. The van der Waals surface area contributed by atoms with Crippen LogP contribution in [0.3, 0.4) is 0 Å². The average Bonchev–Trinajstić information content (AvgIpc) is 3.01. The third-order valence-electron chi connectivity index (χ3n) is 5.37. The van der Waals surface area contributed by atoms with Gasteiger partial charge < -0.3 is 14.2 Å². The summed E-state index contributed by atoms with van der Waals surface area (Å²) in [5, 5.41) is 2.42. The number of hydrogen-bond donors (Lipinski definition) is 0. The summed E-state index contributed by atoms with van der Waals surface area (Å²) in [7, 11) is 1.67. The SMILES string of the molecule is CCN(CC)CCn1c2ccc(OC)cc2c2sc3cc(Cl)ccc3c(=O)c21. The highest BCUT2D eigenvalue weighted by molar-refractivity contribution is 7.25. The van der Waals surface area contributed by atoms with Gasteiger partial charge in [0.25, 0.3) is 0 Å². The van der Waals surface area contributed by atoms with Crippen LogP contribution in [0.2, 0.25) is 5.02 Å². The van der Waals surface area contributed by atoms with Gasteiger partial charge in [-0.15, -0.1) is 11.3 Å². The second-order valence-corrected chi connectivity index (χ2v) is 8.30. The van der Waals surface area contributed by atoms with E-state index in [0.29, 0.717) is 5.02 Å². The fraction of sp³-hybridized carbons (Fsp3) is 0.318. The van der Waals surface area contributed by atoms with Crippen LogP contribution in [-0.4, -0.2) is 36.2 Å². The van der Waals surface area contributed by atoms with E-state index in [2.05, 4.69) is 29.4 Å². The van der Waals surface area contributed by atoms with Crippen molar-refractivity contribution in [2.45, 2.75) is 20.4 Å². The van der Waals surface area contributed by atoms with Crippen LogP contribution in [0.4, 0.5) is 0 Å². The quantitative estimate of drug-likeness (QED) is 0.425. The molecule has 0 unspecified atom stereocenters. The molecule has 0 aliphatic carbocycles. The van der Waals surface area contributed by atoms with Crippen molar-refractivity contribution < 1.29 is 4.74 Å². The lowest BCUT2D eigenvalue weighted by molar-refractivity contribution is 0.293. The summed E-state index contributed by atoms with van der Waals surface area (Å²) in [5.41, 5.74) is 1.91. The molecule has 2 heterocycles. The van der Waals surface area contributed by atoms with Crippen LogP contribution in [0.25, 0.3) is 31.2 Å². The number of fused-ring (bicyclic) bond motifs is 4. The highest BCUT2D eigenvalue weighted by atomic mass is 35.5. The lowest BCUT2D eigenvalue weighted by Gasteiger charge is -2.19. The van der Waals surface area contributed by atoms with Crippen LogP contribution in [0, 0.1) is 0 Å². The predicted molar refractivity (Wildman–Crippen MR) is 120 cm³/mol. The Bertz CT molecular complexity index is 1220. The second kappa shape index (κ2) is 7.74. The number of nitrogens with zero attached hydrogens (tertiary/aromatic N) is 2. The molecule has 4 rings (SSSR count).